The van der Waals surface area contributed by atoms with E-state index in [9.17, 15) is 0 Å². The van der Waals surface area contributed by atoms with Crippen LogP contribution in [0.1, 0.15) is 79.1 Å². The topological polar surface area (TPSA) is 0 Å². The molecule has 2 saturated heterocycles. The average molecular weight is 768 g/mol. The zero-order valence-electron chi connectivity index (χ0n) is 25.4. The summed E-state index contributed by atoms with van der Waals surface area (Å²) in [6, 6.07) is 9.48. The van der Waals surface area contributed by atoms with Crippen molar-refractivity contribution in [3.63, 3.8) is 0 Å². The summed E-state index contributed by atoms with van der Waals surface area (Å²) < 4.78 is 0. The van der Waals surface area contributed by atoms with Gasteiger partial charge in [-0.25, -0.2) is 24.3 Å². The van der Waals surface area contributed by atoms with Gasteiger partial charge in [-0.3, -0.25) is 12.2 Å². The predicted molar refractivity (Wildman–Crippen MR) is 166 cm³/mol. The zero-order chi connectivity index (χ0) is 25.7. The molecular formula is C34H50Cl2Si2Zr2-4. The first kappa shape index (κ1) is 42.8. The Hall–Kier alpha value is 0.700. The van der Waals surface area contributed by atoms with Crippen LogP contribution >= 0.6 is 0 Å². The maximum absolute atomic E-state index is 2.99. The molecule has 0 bridgehead atoms. The Morgan fingerprint density at radius 2 is 1.02 bits per heavy atom. The molecule has 6 rings (SSSR count). The van der Waals surface area contributed by atoms with Gasteiger partial charge in [0.1, 0.15) is 0 Å². The molecule has 0 unspecified atom stereocenters. The SMILES string of the molecule is CCC[Si]1(C2=CC(C)=CC2)CCC1.CCC[Si]1(C2=CC(C)=CC2)CCC1.[C-]1=CC=CC1.[C-]1=CC=CC1.[Cl-].[Cl-].[Zr].[Zr]. The number of hydrogen-bond donors (Lipinski definition) is 0. The van der Waals surface area contributed by atoms with Crippen molar-refractivity contribution in [3.05, 3.63) is 94.5 Å². The summed E-state index contributed by atoms with van der Waals surface area (Å²) >= 11 is 0. The molecule has 2 heterocycles. The second-order valence-electron chi connectivity index (χ2n) is 11.4. The van der Waals surface area contributed by atoms with Crippen molar-refractivity contribution in [2.24, 2.45) is 0 Å². The summed E-state index contributed by atoms with van der Waals surface area (Å²) in [6.07, 6.45) is 38.3. The van der Waals surface area contributed by atoms with Crippen molar-refractivity contribution >= 4 is 16.1 Å². The summed E-state index contributed by atoms with van der Waals surface area (Å²) in [4.78, 5) is 0. The van der Waals surface area contributed by atoms with Crippen LogP contribution in [-0.4, -0.2) is 16.1 Å². The fraction of sp³-hybridized carbons (Fsp3) is 0.529. The second-order valence-corrected chi connectivity index (χ2v) is 20.8. The molecule has 0 spiro atoms. The van der Waals surface area contributed by atoms with E-state index < -0.39 is 16.1 Å². The monoisotopic (exact) mass is 764 g/mol. The van der Waals surface area contributed by atoms with Crippen molar-refractivity contribution in [3.8, 4) is 0 Å². The Kier molecular flexibility index (Phi) is 24.8. The number of hydrogen-bond acceptors (Lipinski definition) is 0. The minimum atomic E-state index is -0.843. The van der Waals surface area contributed by atoms with E-state index in [0.717, 1.165) is 12.8 Å². The van der Waals surface area contributed by atoms with Crippen LogP contribution in [0.3, 0.4) is 0 Å². The van der Waals surface area contributed by atoms with Crippen LogP contribution in [0.4, 0.5) is 0 Å². The molecule has 220 valence electrons. The molecule has 0 saturated carbocycles. The molecule has 6 heteroatoms. The second kappa shape index (κ2) is 23.1. The standard InChI is InChI=1S/2C12H20Si.2C5H5.2ClH.2Zr/c2*1-3-7-13(8-4-9-13)12-6-5-11(2)10-12;2*1-2-4-5-3-1;;;;/h2*5,10H,3-4,6-9H2,1-2H3;2*1-3H,4H2;2*1H;;/q;;2*-1;;;;/p-2. The molecular weight excluding hydrogens is 718 g/mol. The first-order chi connectivity index (χ1) is 17.5. The van der Waals surface area contributed by atoms with E-state index in [1.54, 1.807) is 36.3 Å². The van der Waals surface area contributed by atoms with Gasteiger partial charge in [0.05, 0.1) is 16.1 Å². The summed E-state index contributed by atoms with van der Waals surface area (Å²) in [6.45, 7) is 9.20. The first-order valence-electron chi connectivity index (χ1n) is 14.7. The van der Waals surface area contributed by atoms with Crippen molar-refractivity contribution in [1.82, 2.24) is 0 Å². The Balaban J connectivity index is 0. The summed E-state index contributed by atoms with van der Waals surface area (Å²) in [7, 11) is -1.69. The number of halogens is 2. The smallest absolute Gasteiger partial charge is 0.0819 e. The van der Waals surface area contributed by atoms with Crippen LogP contribution < -0.4 is 24.8 Å². The molecule has 2 aliphatic heterocycles. The summed E-state index contributed by atoms with van der Waals surface area (Å²) in [5.41, 5.74) is 3.04. The average Bonchev–Trinajstić information content (AvgIpc) is 3.63. The Bertz CT molecular complexity index is 864. The van der Waals surface area contributed by atoms with Gasteiger partial charge in [-0.05, 0) is 26.7 Å². The van der Waals surface area contributed by atoms with Gasteiger partial charge in [-0.15, -0.1) is 12.8 Å². The van der Waals surface area contributed by atoms with Crippen LogP contribution in [0, 0.1) is 12.2 Å². The molecule has 0 radical (unpaired) electrons. The van der Waals surface area contributed by atoms with E-state index in [1.807, 2.05) is 34.7 Å². The zero-order valence-corrected chi connectivity index (χ0v) is 33.9. The minimum absolute atomic E-state index is 0. The van der Waals surface area contributed by atoms with Gasteiger partial charge in [-0.2, -0.15) is 12.2 Å². The molecule has 0 aromatic heterocycles. The van der Waals surface area contributed by atoms with Crippen molar-refractivity contribution in [1.29, 1.82) is 0 Å². The van der Waals surface area contributed by atoms with Gasteiger partial charge in [0, 0.05) is 52.4 Å². The third-order valence-corrected chi connectivity index (χ3v) is 20.3. The van der Waals surface area contributed by atoms with Gasteiger partial charge >= 0.3 is 0 Å². The van der Waals surface area contributed by atoms with Crippen LogP contribution in [0.2, 0.25) is 36.3 Å². The molecule has 0 nitrogen and oxygen atoms in total. The molecule has 2 fully saturated rings. The first-order valence-corrected chi connectivity index (χ1v) is 20.0. The third-order valence-electron chi connectivity index (χ3n) is 8.70. The normalized spacial score (nSPS) is 20.7. The molecule has 0 N–H and O–H groups in total. The van der Waals surface area contributed by atoms with Crippen molar-refractivity contribution < 1.29 is 77.2 Å². The molecule has 4 aliphatic carbocycles. The Labute approximate surface area is 300 Å². The molecule has 0 aromatic rings. The van der Waals surface area contributed by atoms with Gasteiger partial charge in [0.25, 0.3) is 0 Å². The fourth-order valence-corrected chi connectivity index (χ4v) is 15.8. The van der Waals surface area contributed by atoms with Crippen LogP contribution in [-0.2, 0) is 52.4 Å². The van der Waals surface area contributed by atoms with E-state index in [2.05, 4.69) is 76.3 Å². The quantitative estimate of drug-likeness (QED) is 0.271. The van der Waals surface area contributed by atoms with Crippen molar-refractivity contribution in [2.45, 2.75) is 115 Å². The predicted octanol–water partition coefficient (Wildman–Crippen LogP) is 4.74. The molecule has 6 aliphatic rings. The van der Waals surface area contributed by atoms with E-state index in [4.69, 9.17) is 0 Å². The maximum atomic E-state index is 2.99. The molecule has 0 amide bonds. The molecule has 0 atom stereocenters. The van der Waals surface area contributed by atoms with Crippen molar-refractivity contribution in [2.75, 3.05) is 0 Å². The summed E-state index contributed by atoms with van der Waals surface area (Å²) in [5.74, 6) is 0. The molecule has 40 heavy (non-hydrogen) atoms. The Morgan fingerprint density at radius 3 is 1.18 bits per heavy atom. The molecule has 0 aromatic carbocycles. The Morgan fingerprint density at radius 1 is 0.650 bits per heavy atom. The minimum Gasteiger partial charge on any atom is -1.00 e. The third kappa shape index (κ3) is 13.1. The fourth-order valence-electron chi connectivity index (χ4n) is 6.37. The maximum Gasteiger partial charge on any atom is 0.0819 e. The van der Waals surface area contributed by atoms with Crippen LogP contribution in [0.15, 0.2) is 82.3 Å². The van der Waals surface area contributed by atoms with E-state index in [0.29, 0.717) is 0 Å². The van der Waals surface area contributed by atoms with Gasteiger partial charge in [0.2, 0.25) is 0 Å². The van der Waals surface area contributed by atoms with E-state index in [1.165, 1.54) is 49.7 Å². The largest absolute Gasteiger partial charge is 1.00 e. The van der Waals surface area contributed by atoms with Gasteiger partial charge in [-0.1, -0.05) is 122 Å². The summed E-state index contributed by atoms with van der Waals surface area (Å²) in [5, 5.41) is 3.75. The number of rotatable bonds is 6. The van der Waals surface area contributed by atoms with Gasteiger partial charge in [0.15, 0.2) is 0 Å². The van der Waals surface area contributed by atoms with Gasteiger partial charge < -0.3 is 24.8 Å². The number of allylic oxidation sites excluding steroid dienone is 16. The van der Waals surface area contributed by atoms with Crippen LogP contribution in [0.5, 0.6) is 0 Å². The van der Waals surface area contributed by atoms with E-state index in [-0.39, 0.29) is 77.2 Å². The van der Waals surface area contributed by atoms with E-state index >= 15 is 0 Å². The van der Waals surface area contributed by atoms with Crippen LogP contribution in [0.25, 0.3) is 0 Å².